The topological polar surface area (TPSA) is 38.3 Å². The Morgan fingerprint density at radius 1 is 1.42 bits per heavy atom. The van der Waals surface area contributed by atoms with Crippen molar-refractivity contribution < 1.29 is 9.53 Å². The molecule has 0 aliphatic rings. The van der Waals surface area contributed by atoms with Crippen molar-refractivity contribution in [2.24, 2.45) is 5.92 Å². The second kappa shape index (κ2) is 6.00. The lowest BCUT2D eigenvalue weighted by molar-refractivity contribution is -0.126. The Balaban J connectivity index is 3.54. The molecule has 0 radical (unpaired) electrons. The van der Waals surface area contributed by atoms with Gasteiger partial charge < -0.3 is 10.1 Å². The van der Waals surface area contributed by atoms with Crippen molar-refractivity contribution in [2.75, 3.05) is 13.2 Å². The Kier molecular flexibility index (Phi) is 5.72. The summed E-state index contributed by atoms with van der Waals surface area (Å²) >= 11 is 0. The van der Waals surface area contributed by atoms with E-state index in [4.69, 9.17) is 4.74 Å². The van der Waals surface area contributed by atoms with Crippen molar-refractivity contribution in [2.45, 2.75) is 33.7 Å². The summed E-state index contributed by atoms with van der Waals surface area (Å²) in [4.78, 5) is 11.1. The van der Waals surface area contributed by atoms with Gasteiger partial charge in [0.1, 0.15) is 6.61 Å². The number of amides is 1. The monoisotopic (exact) mass is 173 g/mol. The molecule has 3 nitrogen and oxygen atoms in total. The zero-order valence-electron chi connectivity index (χ0n) is 8.39. The van der Waals surface area contributed by atoms with Gasteiger partial charge in [0.15, 0.2) is 0 Å². The average molecular weight is 173 g/mol. The van der Waals surface area contributed by atoms with Crippen LogP contribution in [0.15, 0.2) is 0 Å². The van der Waals surface area contributed by atoms with Gasteiger partial charge >= 0.3 is 0 Å². The summed E-state index contributed by atoms with van der Waals surface area (Å²) in [7, 11) is 0. The molecule has 1 atom stereocenters. The molecular weight excluding hydrogens is 154 g/mol. The molecule has 0 aromatic rings. The van der Waals surface area contributed by atoms with Crippen LogP contribution in [0, 0.1) is 5.92 Å². The van der Waals surface area contributed by atoms with E-state index < -0.39 is 0 Å². The molecule has 0 fully saturated rings. The maximum atomic E-state index is 11.1. The molecule has 0 saturated carbocycles. The Labute approximate surface area is 74.5 Å². The van der Waals surface area contributed by atoms with Gasteiger partial charge in [0, 0.05) is 12.6 Å². The number of hydrogen-bond donors (Lipinski definition) is 1. The molecule has 72 valence electrons. The quantitative estimate of drug-likeness (QED) is 0.678. The van der Waals surface area contributed by atoms with E-state index in [1.165, 1.54) is 0 Å². The van der Waals surface area contributed by atoms with Crippen LogP contribution in [0.2, 0.25) is 0 Å². The molecule has 1 N–H and O–H groups in total. The number of hydrogen-bond acceptors (Lipinski definition) is 2. The van der Waals surface area contributed by atoms with Gasteiger partial charge in [-0.3, -0.25) is 4.79 Å². The number of rotatable bonds is 5. The smallest absolute Gasteiger partial charge is 0.246 e. The van der Waals surface area contributed by atoms with Crippen molar-refractivity contribution in [1.29, 1.82) is 0 Å². The van der Waals surface area contributed by atoms with E-state index in [2.05, 4.69) is 19.2 Å². The SMILES string of the molecule is CCOCC(=O)NC(C)C(C)C. The fraction of sp³-hybridized carbons (Fsp3) is 0.889. The minimum Gasteiger partial charge on any atom is -0.372 e. The zero-order valence-corrected chi connectivity index (χ0v) is 8.39. The fourth-order valence-corrected chi connectivity index (χ4v) is 0.657. The highest BCUT2D eigenvalue weighted by atomic mass is 16.5. The van der Waals surface area contributed by atoms with Gasteiger partial charge in [-0.2, -0.15) is 0 Å². The molecule has 0 bridgehead atoms. The molecule has 0 heterocycles. The highest BCUT2D eigenvalue weighted by Crippen LogP contribution is 1.98. The molecule has 1 unspecified atom stereocenters. The van der Waals surface area contributed by atoms with E-state index >= 15 is 0 Å². The molecule has 0 spiro atoms. The van der Waals surface area contributed by atoms with Crippen molar-refractivity contribution in [3.05, 3.63) is 0 Å². The van der Waals surface area contributed by atoms with Crippen LogP contribution in [-0.2, 0) is 9.53 Å². The van der Waals surface area contributed by atoms with Crippen LogP contribution in [0.1, 0.15) is 27.7 Å². The van der Waals surface area contributed by atoms with Crippen LogP contribution in [-0.4, -0.2) is 25.2 Å². The second-order valence-corrected chi connectivity index (χ2v) is 3.24. The normalized spacial score (nSPS) is 13.1. The van der Waals surface area contributed by atoms with E-state index in [9.17, 15) is 4.79 Å². The standard InChI is InChI=1S/C9H19NO2/c1-5-12-6-9(11)10-8(4)7(2)3/h7-8H,5-6H2,1-4H3,(H,10,11). The Morgan fingerprint density at radius 2 is 2.00 bits per heavy atom. The summed E-state index contributed by atoms with van der Waals surface area (Å²) in [5, 5.41) is 2.85. The third kappa shape index (κ3) is 5.13. The van der Waals surface area contributed by atoms with Crippen molar-refractivity contribution in [1.82, 2.24) is 5.32 Å². The predicted molar refractivity (Wildman–Crippen MR) is 48.9 cm³/mol. The number of carbonyl (C=O) groups is 1. The summed E-state index contributed by atoms with van der Waals surface area (Å²) in [5.41, 5.74) is 0. The van der Waals surface area contributed by atoms with Crippen LogP contribution >= 0.6 is 0 Å². The van der Waals surface area contributed by atoms with Gasteiger partial charge in [0.2, 0.25) is 5.91 Å². The largest absolute Gasteiger partial charge is 0.372 e. The first-order valence-corrected chi connectivity index (χ1v) is 4.45. The molecule has 12 heavy (non-hydrogen) atoms. The number of ether oxygens (including phenoxy) is 1. The third-order valence-corrected chi connectivity index (χ3v) is 1.83. The Bertz CT molecular complexity index is 134. The molecule has 0 rings (SSSR count). The Morgan fingerprint density at radius 3 is 2.42 bits per heavy atom. The van der Waals surface area contributed by atoms with E-state index in [-0.39, 0.29) is 18.6 Å². The summed E-state index contributed by atoms with van der Waals surface area (Å²) in [6, 6.07) is 0.220. The van der Waals surface area contributed by atoms with Gasteiger partial charge in [0.25, 0.3) is 0 Å². The highest BCUT2D eigenvalue weighted by Gasteiger charge is 2.09. The first-order valence-electron chi connectivity index (χ1n) is 4.45. The number of nitrogens with one attached hydrogen (secondary N) is 1. The minimum absolute atomic E-state index is 0.0296. The molecule has 1 amide bonds. The number of carbonyl (C=O) groups excluding carboxylic acids is 1. The van der Waals surface area contributed by atoms with Crippen LogP contribution < -0.4 is 5.32 Å². The van der Waals surface area contributed by atoms with E-state index in [1.54, 1.807) is 0 Å². The zero-order chi connectivity index (χ0) is 9.56. The van der Waals surface area contributed by atoms with Crippen LogP contribution in [0.3, 0.4) is 0 Å². The molecule has 0 aliphatic heterocycles. The molecule has 3 heteroatoms. The van der Waals surface area contributed by atoms with Gasteiger partial charge in [-0.15, -0.1) is 0 Å². The van der Waals surface area contributed by atoms with E-state index in [0.29, 0.717) is 12.5 Å². The predicted octanol–water partition coefficient (Wildman–Crippen LogP) is 1.18. The molecule has 0 aromatic heterocycles. The first kappa shape index (κ1) is 11.4. The lowest BCUT2D eigenvalue weighted by atomic mass is 10.1. The van der Waals surface area contributed by atoms with Crippen LogP contribution in [0.25, 0.3) is 0 Å². The minimum atomic E-state index is -0.0296. The van der Waals surface area contributed by atoms with Crippen molar-refractivity contribution in [3.63, 3.8) is 0 Å². The maximum absolute atomic E-state index is 11.1. The molecule has 0 aliphatic carbocycles. The lowest BCUT2D eigenvalue weighted by Gasteiger charge is -2.16. The fourth-order valence-electron chi connectivity index (χ4n) is 0.657. The maximum Gasteiger partial charge on any atom is 0.246 e. The van der Waals surface area contributed by atoms with Crippen LogP contribution in [0.4, 0.5) is 0 Å². The van der Waals surface area contributed by atoms with Gasteiger partial charge in [-0.25, -0.2) is 0 Å². The van der Waals surface area contributed by atoms with Gasteiger partial charge in [-0.1, -0.05) is 13.8 Å². The average Bonchev–Trinajstić information content (AvgIpc) is 2.00. The lowest BCUT2D eigenvalue weighted by Crippen LogP contribution is -2.38. The van der Waals surface area contributed by atoms with Gasteiger partial charge in [-0.05, 0) is 19.8 Å². The summed E-state index contributed by atoms with van der Waals surface area (Å²) in [5.74, 6) is 0.439. The summed E-state index contributed by atoms with van der Waals surface area (Å²) in [6.45, 7) is 8.78. The Hall–Kier alpha value is -0.570. The third-order valence-electron chi connectivity index (χ3n) is 1.83. The first-order chi connectivity index (χ1) is 5.57. The van der Waals surface area contributed by atoms with Crippen molar-refractivity contribution >= 4 is 5.91 Å². The molecule has 0 aromatic carbocycles. The van der Waals surface area contributed by atoms with Gasteiger partial charge in [0.05, 0.1) is 0 Å². The van der Waals surface area contributed by atoms with Crippen molar-refractivity contribution in [3.8, 4) is 0 Å². The van der Waals surface area contributed by atoms with E-state index in [1.807, 2.05) is 13.8 Å². The van der Waals surface area contributed by atoms with Crippen LogP contribution in [0.5, 0.6) is 0 Å². The summed E-state index contributed by atoms with van der Waals surface area (Å²) < 4.78 is 4.96. The summed E-state index contributed by atoms with van der Waals surface area (Å²) in [6.07, 6.45) is 0. The van der Waals surface area contributed by atoms with E-state index in [0.717, 1.165) is 0 Å². The second-order valence-electron chi connectivity index (χ2n) is 3.24. The molecular formula is C9H19NO2. The highest BCUT2D eigenvalue weighted by molar-refractivity contribution is 5.77. The molecule has 0 saturated heterocycles.